The molecule has 0 heterocycles. The van der Waals surface area contributed by atoms with Gasteiger partial charge in [-0.2, -0.15) is 13.2 Å². The van der Waals surface area contributed by atoms with Gasteiger partial charge in [-0.1, -0.05) is 0 Å². The summed E-state index contributed by atoms with van der Waals surface area (Å²) in [5.74, 6) is -0.813. The second-order valence-corrected chi connectivity index (χ2v) is 4.64. The Morgan fingerprint density at radius 2 is 1.75 bits per heavy atom. The molecule has 1 aromatic rings. The zero-order chi connectivity index (χ0) is 14.8. The highest BCUT2D eigenvalue weighted by Crippen LogP contribution is 2.30. The van der Waals surface area contributed by atoms with Crippen LogP contribution >= 0.6 is 0 Å². The molecular formula is C13H13F3N2O2. The third-order valence-corrected chi connectivity index (χ3v) is 2.81. The third kappa shape index (κ3) is 4.25. The number of carbonyl (C=O) groups is 2. The average Bonchev–Trinajstić information content (AvgIpc) is 3.20. The van der Waals surface area contributed by atoms with Crippen LogP contribution in [0.4, 0.5) is 18.9 Å². The van der Waals surface area contributed by atoms with Crippen molar-refractivity contribution in [1.82, 2.24) is 5.32 Å². The smallest absolute Gasteiger partial charge is 0.343 e. The van der Waals surface area contributed by atoms with Crippen molar-refractivity contribution in [2.75, 3.05) is 11.9 Å². The van der Waals surface area contributed by atoms with Gasteiger partial charge in [-0.3, -0.25) is 9.59 Å². The van der Waals surface area contributed by atoms with E-state index in [4.69, 9.17) is 0 Å². The summed E-state index contributed by atoms with van der Waals surface area (Å²) in [6.45, 7) is -1.37. The van der Waals surface area contributed by atoms with Gasteiger partial charge in [0.2, 0.25) is 5.91 Å². The van der Waals surface area contributed by atoms with Gasteiger partial charge in [0.05, 0.1) is 0 Å². The second-order valence-electron chi connectivity index (χ2n) is 4.64. The molecule has 1 aromatic carbocycles. The van der Waals surface area contributed by atoms with Crippen molar-refractivity contribution < 1.29 is 22.8 Å². The number of carbonyl (C=O) groups excluding carboxylic acids is 2. The van der Waals surface area contributed by atoms with Gasteiger partial charge < -0.3 is 10.6 Å². The van der Waals surface area contributed by atoms with E-state index in [0.717, 1.165) is 12.8 Å². The minimum absolute atomic E-state index is 0.0600. The molecule has 1 aliphatic carbocycles. The van der Waals surface area contributed by atoms with Crippen LogP contribution in [0.25, 0.3) is 0 Å². The first-order valence-electron chi connectivity index (χ1n) is 6.11. The van der Waals surface area contributed by atoms with Gasteiger partial charge >= 0.3 is 6.18 Å². The van der Waals surface area contributed by atoms with Gasteiger partial charge in [0.25, 0.3) is 5.91 Å². The molecule has 0 bridgehead atoms. The highest BCUT2D eigenvalue weighted by Gasteiger charge is 2.29. The quantitative estimate of drug-likeness (QED) is 0.892. The lowest BCUT2D eigenvalue weighted by molar-refractivity contribution is -0.123. The first kappa shape index (κ1) is 14.4. The zero-order valence-electron chi connectivity index (χ0n) is 10.5. The summed E-state index contributed by atoms with van der Waals surface area (Å²) in [6.07, 6.45) is -2.68. The molecule has 0 radical (unpaired) electrons. The highest BCUT2D eigenvalue weighted by molar-refractivity contribution is 5.96. The monoisotopic (exact) mass is 286 g/mol. The predicted molar refractivity (Wildman–Crippen MR) is 66.2 cm³/mol. The van der Waals surface area contributed by atoms with Crippen LogP contribution in [0, 0.1) is 5.92 Å². The van der Waals surface area contributed by atoms with E-state index in [9.17, 15) is 22.8 Å². The Labute approximate surface area is 113 Å². The molecule has 0 spiro atoms. The maximum absolute atomic E-state index is 12.0. The Bertz CT molecular complexity index is 507. The molecule has 0 atom stereocenters. The maximum Gasteiger partial charge on any atom is 0.405 e. The number of halogens is 3. The van der Waals surface area contributed by atoms with Gasteiger partial charge in [-0.25, -0.2) is 0 Å². The standard InChI is InChI=1S/C13H13F3N2O2/c14-13(15,16)7-17-11(19)8-3-5-10(6-4-8)18-12(20)9-1-2-9/h3-6,9H,1-2,7H2,(H,17,19)(H,18,20). The Balaban J connectivity index is 1.90. The molecule has 0 unspecified atom stereocenters. The van der Waals surface area contributed by atoms with Crippen LogP contribution in [0.1, 0.15) is 23.2 Å². The molecule has 2 amide bonds. The van der Waals surface area contributed by atoms with Crippen LogP contribution in [0.2, 0.25) is 0 Å². The first-order chi connectivity index (χ1) is 9.35. The summed E-state index contributed by atoms with van der Waals surface area (Å²) in [4.78, 5) is 22.9. The second kappa shape index (κ2) is 5.52. The average molecular weight is 286 g/mol. The van der Waals surface area contributed by atoms with Gasteiger partial charge in [-0.05, 0) is 37.1 Å². The number of alkyl halides is 3. The topological polar surface area (TPSA) is 58.2 Å². The van der Waals surface area contributed by atoms with Crippen LogP contribution in [-0.2, 0) is 4.79 Å². The molecule has 2 rings (SSSR count). The van der Waals surface area contributed by atoms with E-state index in [2.05, 4.69) is 5.32 Å². The van der Waals surface area contributed by atoms with Crippen LogP contribution in [0.5, 0.6) is 0 Å². The number of hydrogen-bond donors (Lipinski definition) is 2. The van der Waals surface area contributed by atoms with Gasteiger partial charge in [0.15, 0.2) is 0 Å². The summed E-state index contributed by atoms with van der Waals surface area (Å²) in [6, 6.07) is 5.72. The highest BCUT2D eigenvalue weighted by atomic mass is 19.4. The normalized spacial score (nSPS) is 14.8. The molecule has 0 aliphatic heterocycles. The summed E-state index contributed by atoms with van der Waals surface area (Å²) < 4.78 is 35.9. The summed E-state index contributed by atoms with van der Waals surface area (Å²) in [7, 11) is 0. The largest absolute Gasteiger partial charge is 0.405 e. The van der Waals surface area contributed by atoms with E-state index in [0.29, 0.717) is 5.69 Å². The molecule has 7 heteroatoms. The summed E-state index contributed by atoms with van der Waals surface area (Å²) >= 11 is 0. The Morgan fingerprint density at radius 3 is 2.25 bits per heavy atom. The van der Waals surface area contributed by atoms with Crippen molar-refractivity contribution in [3.8, 4) is 0 Å². The van der Waals surface area contributed by atoms with Crippen LogP contribution in [-0.4, -0.2) is 24.5 Å². The fourth-order valence-electron chi connectivity index (χ4n) is 1.58. The summed E-state index contributed by atoms with van der Waals surface area (Å²) in [5.41, 5.74) is 0.632. The number of amides is 2. The van der Waals surface area contributed by atoms with Crippen molar-refractivity contribution in [3.05, 3.63) is 29.8 Å². The Kier molecular flexibility index (Phi) is 3.96. The Hall–Kier alpha value is -2.05. The van der Waals surface area contributed by atoms with E-state index in [1.54, 1.807) is 5.32 Å². The molecule has 1 saturated carbocycles. The fourth-order valence-corrected chi connectivity index (χ4v) is 1.58. The lowest BCUT2D eigenvalue weighted by atomic mass is 10.2. The third-order valence-electron chi connectivity index (χ3n) is 2.81. The van der Waals surface area contributed by atoms with E-state index in [1.165, 1.54) is 24.3 Å². The number of nitrogens with one attached hydrogen (secondary N) is 2. The lowest BCUT2D eigenvalue weighted by Gasteiger charge is -2.09. The first-order valence-corrected chi connectivity index (χ1v) is 6.11. The predicted octanol–water partition coefficient (Wildman–Crippen LogP) is 2.33. The van der Waals surface area contributed by atoms with Gasteiger partial charge in [-0.15, -0.1) is 0 Å². The SMILES string of the molecule is O=C(NCC(F)(F)F)c1ccc(NC(=O)C2CC2)cc1. The number of rotatable bonds is 4. The number of anilines is 1. The molecular weight excluding hydrogens is 273 g/mol. The van der Waals surface area contributed by atoms with E-state index in [1.807, 2.05) is 0 Å². The number of benzene rings is 1. The summed E-state index contributed by atoms with van der Waals surface area (Å²) in [5, 5.41) is 4.45. The van der Waals surface area contributed by atoms with E-state index >= 15 is 0 Å². The number of hydrogen-bond acceptors (Lipinski definition) is 2. The lowest BCUT2D eigenvalue weighted by Crippen LogP contribution is -2.33. The molecule has 20 heavy (non-hydrogen) atoms. The minimum Gasteiger partial charge on any atom is -0.343 e. The zero-order valence-corrected chi connectivity index (χ0v) is 10.5. The maximum atomic E-state index is 12.0. The van der Waals surface area contributed by atoms with Crippen LogP contribution < -0.4 is 10.6 Å². The molecule has 1 aliphatic rings. The van der Waals surface area contributed by atoms with Gasteiger partial charge in [0.1, 0.15) is 6.54 Å². The van der Waals surface area contributed by atoms with E-state index in [-0.39, 0.29) is 17.4 Å². The Morgan fingerprint density at radius 1 is 1.15 bits per heavy atom. The van der Waals surface area contributed by atoms with Crippen molar-refractivity contribution in [1.29, 1.82) is 0 Å². The van der Waals surface area contributed by atoms with Crippen molar-refractivity contribution >= 4 is 17.5 Å². The minimum atomic E-state index is -4.44. The fraction of sp³-hybridized carbons (Fsp3) is 0.385. The van der Waals surface area contributed by atoms with E-state index < -0.39 is 18.6 Å². The molecule has 0 aromatic heterocycles. The molecule has 0 saturated heterocycles. The van der Waals surface area contributed by atoms with Crippen molar-refractivity contribution in [3.63, 3.8) is 0 Å². The molecule has 1 fully saturated rings. The van der Waals surface area contributed by atoms with Crippen molar-refractivity contribution in [2.45, 2.75) is 19.0 Å². The molecule has 2 N–H and O–H groups in total. The molecule has 108 valence electrons. The van der Waals surface area contributed by atoms with Gasteiger partial charge in [0, 0.05) is 17.2 Å². The van der Waals surface area contributed by atoms with Crippen LogP contribution in [0.15, 0.2) is 24.3 Å². The van der Waals surface area contributed by atoms with Crippen LogP contribution in [0.3, 0.4) is 0 Å². The molecule has 4 nitrogen and oxygen atoms in total. The van der Waals surface area contributed by atoms with Crippen molar-refractivity contribution in [2.24, 2.45) is 5.92 Å².